The number of sulfonamides is 1. The van der Waals surface area contributed by atoms with Crippen molar-refractivity contribution in [2.45, 2.75) is 4.90 Å². The Morgan fingerprint density at radius 2 is 2.00 bits per heavy atom. The van der Waals surface area contributed by atoms with Gasteiger partial charge in [0.2, 0.25) is 0 Å². The Hall–Kier alpha value is -2.65. The molecule has 8 nitrogen and oxygen atoms in total. The number of nitrogens with zero attached hydrogens (tertiary/aromatic N) is 2. The number of aromatic hydroxyl groups is 1. The molecule has 0 saturated carbocycles. The molecule has 0 bridgehead atoms. The van der Waals surface area contributed by atoms with Crippen molar-refractivity contribution in [3.63, 3.8) is 0 Å². The van der Waals surface area contributed by atoms with Crippen molar-refractivity contribution in [3.05, 3.63) is 63.2 Å². The minimum Gasteiger partial charge on any atom is -0.506 e. The number of rotatable bonds is 5. The minimum atomic E-state index is -4.04. The van der Waals surface area contributed by atoms with Crippen LogP contribution in [0.5, 0.6) is 5.75 Å². The molecule has 0 radical (unpaired) electrons. The molecule has 0 aromatic heterocycles. The van der Waals surface area contributed by atoms with Crippen LogP contribution in [0.15, 0.2) is 52.5 Å². The van der Waals surface area contributed by atoms with Crippen molar-refractivity contribution in [1.82, 2.24) is 4.83 Å². The van der Waals surface area contributed by atoms with Crippen molar-refractivity contribution in [2.75, 3.05) is 0 Å². The summed E-state index contributed by atoms with van der Waals surface area (Å²) in [6, 6.07) is 8.78. The van der Waals surface area contributed by atoms with Crippen LogP contribution in [0.25, 0.3) is 0 Å². The molecule has 2 rings (SSSR count). The monoisotopic (exact) mass is 355 g/mol. The second-order valence-electron chi connectivity index (χ2n) is 4.32. The van der Waals surface area contributed by atoms with Crippen LogP contribution >= 0.6 is 11.6 Å². The Labute approximate surface area is 136 Å². The van der Waals surface area contributed by atoms with Crippen molar-refractivity contribution >= 4 is 33.5 Å². The molecule has 10 heteroatoms. The molecular formula is C13H10ClN3O5S. The molecule has 0 aliphatic rings. The lowest BCUT2D eigenvalue weighted by molar-refractivity contribution is -0.385. The maximum atomic E-state index is 12.0. The third-order valence-electron chi connectivity index (χ3n) is 2.70. The van der Waals surface area contributed by atoms with Gasteiger partial charge < -0.3 is 5.11 Å². The highest BCUT2D eigenvalue weighted by Gasteiger charge is 2.16. The third kappa shape index (κ3) is 4.18. The number of halogens is 1. The molecule has 0 heterocycles. The van der Waals surface area contributed by atoms with Gasteiger partial charge >= 0.3 is 0 Å². The first kappa shape index (κ1) is 16.7. The number of hydrogen-bond acceptors (Lipinski definition) is 6. The molecule has 0 fully saturated rings. The molecule has 0 aliphatic carbocycles. The van der Waals surface area contributed by atoms with Gasteiger partial charge in [0.25, 0.3) is 15.7 Å². The maximum absolute atomic E-state index is 12.0. The number of nitrogens with one attached hydrogen (secondary N) is 1. The molecular weight excluding hydrogens is 346 g/mol. The quantitative estimate of drug-likeness (QED) is 0.484. The van der Waals surface area contributed by atoms with Gasteiger partial charge in [-0.1, -0.05) is 17.7 Å². The minimum absolute atomic E-state index is 0.0930. The Bertz CT molecular complexity index is 883. The van der Waals surface area contributed by atoms with Crippen LogP contribution in [0.2, 0.25) is 5.02 Å². The first-order valence-corrected chi connectivity index (χ1v) is 7.93. The van der Waals surface area contributed by atoms with E-state index in [-0.39, 0.29) is 21.4 Å². The van der Waals surface area contributed by atoms with Crippen molar-refractivity contribution in [3.8, 4) is 5.75 Å². The second kappa shape index (κ2) is 6.63. The molecule has 2 aromatic carbocycles. The topological polar surface area (TPSA) is 122 Å². The fourth-order valence-corrected chi connectivity index (χ4v) is 2.61. The summed E-state index contributed by atoms with van der Waals surface area (Å²) in [6.07, 6.45) is 1.18. The summed E-state index contributed by atoms with van der Waals surface area (Å²) < 4.78 is 24.0. The molecule has 0 saturated heterocycles. The van der Waals surface area contributed by atoms with Gasteiger partial charge in [-0.05, 0) is 29.8 Å². The van der Waals surface area contributed by atoms with E-state index in [1.165, 1.54) is 42.6 Å². The highest BCUT2D eigenvalue weighted by Crippen LogP contribution is 2.22. The van der Waals surface area contributed by atoms with Crippen LogP contribution in [-0.2, 0) is 10.0 Å². The number of phenols is 1. The SMILES string of the molecule is O=[N+]([O-])c1cccc(S(=O)(=O)N/N=C/c2ccc(O)c(Cl)c2)c1. The Morgan fingerprint density at radius 1 is 1.26 bits per heavy atom. The Morgan fingerprint density at radius 3 is 2.65 bits per heavy atom. The van der Waals surface area contributed by atoms with E-state index in [9.17, 15) is 23.6 Å². The average molecular weight is 356 g/mol. The second-order valence-corrected chi connectivity index (χ2v) is 6.39. The summed E-state index contributed by atoms with van der Waals surface area (Å²) >= 11 is 5.71. The Balaban J connectivity index is 2.18. The molecule has 0 unspecified atom stereocenters. The highest BCUT2D eigenvalue weighted by molar-refractivity contribution is 7.89. The van der Waals surface area contributed by atoms with Gasteiger partial charge in [0, 0.05) is 12.1 Å². The summed E-state index contributed by atoms with van der Waals surface area (Å²) in [4.78, 5) is 11.6. The predicted octanol–water partition coefficient (Wildman–Crippen LogP) is 2.27. The normalized spacial score (nSPS) is 11.5. The first-order valence-electron chi connectivity index (χ1n) is 6.07. The van der Waals surface area contributed by atoms with Crippen LogP contribution in [0.3, 0.4) is 0 Å². The van der Waals surface area contributed by atoms with Crippen LogP contribution in [0.4, 0.5) is 5.69 Å². The smallest absolute Gasteiger partial charge is 0.276 e. The number of hydrogen-bond donors (Lipinski definition) is 2. The van der Waals surface area contributed by atoms with Crippen LogP contribution < -0.4 is 4.83 Å². The largest absolute Gasteiger partial charge is 0.506 e. The molecule has 120 valence electrons. The molecule has 2 aromatic rings. The van der Waals surface area contributed by atoms with E-state index >= 15 is 0 Å². The summed E-state index contributed by atoms with van der Waals surface area (Å²) in [6.45, 7) is 0. The number of nitro groups is 1. The molecule has 0 amide bonds. The van der Waals surface area contributed by atoms with Crippen molar-refractivity contribution in [1.29, 1.82) is 0 Å². The Kier molecular flexibility index (Phi) is 4.82. The van der Waals surface area contributed by atoms with Crippen LogP contribution in [-0.4, -0.2) is 24.7 Å². The predicted molar refractivity (Wildman–Crippen MR) is 84.1 cm³/mol. The summed E-state index contributed by atoms with van der Waals surface area (Å²) in [5, 5.41) is 23.6. The standard InChI is InChI=1S/C13H10ClN3O5S/c14-12-6-9(4-5-13(12)18)8-15-16-23(21,22)11-3-1-2-10(7-11)17(19)20/h1-8,16,18H/b15-8+. The highest BCUT2D eigenvalue weighted by atomic mass is 35.5. The summed E-state index contributed by atoms with van der Waals surface area (Å²) in [5.41, 5.74) is 0.108. The first-order chi connectivity index (χ1) is 10.8. The van der Waals surface area contributed by atoms with Crippen molar-refractivity contribution in [2.24, 2.45) is 5.10 Å². The van der Waals surface area contributed by atoms with Gasteiger partial charge in [-0.25, -0.2) is 4.83 Å². The molecule has 0 atom stereocenters. The zero-order valence-electron chi connectivity index (χ0n) is 11.4. The van der Waals surface area contributed by atoms with Gasteiger partial charge in [-0.2, -0.15) is 13.5 Å². The number of non-ortho nitro benzene ring substituents is 1. The number of phenolic OH excluding ortho intramolecular Hbond substituents is 1. The zero-order valence-corrected chi connectivity index (χ0v) is 13.0. The van der Waals surface area contributed by atoms with Gasteiger partial charge in [-0.3, -0.25) is 10.1 Å². The fourth-order valence-electron chi connectivity index (χ4n) is 1.59. The third-order valence-corrected chi connectivity index (χ3v) is 4.22. The van der Waals surface area contributed by atoms with E-state index in [2.05, 4.69) is 5.10 Å². The van der Waals surface area contributed by atoms with Gasteiger partial charge in [0.05, 0.1) is 21.1 Å². The lowest BCUT2D eigenvalue weighted by Gasteiger charge is -2.03. The van der Waals surface area contributed by atoms with Gasteiger partial charge in [0.1, 0.15) is 5.75 Å². The molecule has 2 N–H and O–H groups in total. The molecule has 0 spiro atoms. The average Bonchev–Trinajstić information content (AvgIpc) is 2.51. The van der Waals surface area contributed by atoms with E-state index in [0.29, 0.717) is 5.56 Å². The van der Waals surface area contributed by atoms with E-state index < -0.39 is 14.9 Å². The molecule has 23 heavy (non-hydrogen) atoms. The summed E-state index contributed by atoms with van der Waals surface area (Å²) in [7, 11) is -4.04. The van der Waals surface area contributed by atoms with E-state index in [0.717, 1.165) is 6.07 Å². The van der Waals surface area contributed by atoms with Gasteiger partial charge in [-0.15, -0.1) is 0 Å². The van der Waals surface area contributed by atoms with Crippen LogP contribution in [0.1, 0.15) is 5.56 Å². The fraction of sp³-hybridized carbons (Fsp3) is 0. The van der Waals surface area contributed by atoms with E-state index in [1.54, 1.807) is 0 Å². The number of benzene rings is 2. The lowest BCUT2D eigenvalue weighted by atomic mass is 10.2. The lowest BCUT2D eigenvalue weighted by Crippen LogP contribution is -2.18. The van der Waals surface area contributed by atoms with Crippen molar-refractivity contribution < 1.29 is 18.4 Å². The summed E-state index contributed by atoms with van der Waals surface area (Å²) in [5.74, 6) is -0.110. The number of hydrazone groups is 1. The van der Waals surface area contributed by atoms with E-state index in [1.807, 2.05) is 4.83 Å². The molecule has 0 aliphatic heterocycles. The van der Waals surface area contributed by atoms with Crippen LogP contribution in [0, 0.1) is 10.1 Å². The number of nitro benzene ring substituents is 1. The van der Waals surface area contributed by atoms with Gasteiger partial charge in [0.15, 0.2) is 0 Å². The maximum Gasteiger partial charge on any atom is 0.276 e. The van der Waals surface area contributed by atoms with E-state index in [4.69, 9.17) is 11.6 Å². The zero-order chi connectivity index (χ0) is 17.0.